The number of nitrogens with zero attached hydrogens (tertiary/aromatic N) is 2. The summed E-state index contributed by atoms with van der Waals surface area (Å²) in [5, 5.41) is 2.85. The van der Waals surface area contributed by atoms with E-state index in [0.717, 1.165) is 26.2 Å². The highest BCUT2D eigenvalue weighted by atomic mass is 32.1. The second-order valence-corrected chi connectivity index (χ2v) is 4.58. The lowest BCUT2D eigenvalue weighted by Gasteiger charge is -2.39. The number of piperazine rings is 1. The van der Waals surface area contributed by atoms with Crippen molar-refractivity contribution in [3.63, 3.8) is 0 Å². The Kier molecular flexibility index (Phi) is 2.79. The van der Waals surface area contributed by atoms with Crippen LogP contribution in [0.5, 0.6) is 0 Å². The highest BCUT2D eigenvalue weighted by molar-refractivity contribution is 7.80. The van der Waals surface area contributed by atoms with Gasteiger partial charge in [-0.1, -0.05) is 12.2 Å². The van der Waals surface area contributed by atoms with Crippen molar-refractivity contribution in [3.05, 3.63) is 0 Å². The molecule has 2 unspecified atom stereocenters. The minimum atomic E-state index is 0.0580. The Hall–Kier alpha value is -0.880. The van der Waals surface area contributed by atoms with Gasteiger partial charge in [0.1, 0.15) is 0 Å². The molecule has 2 aliphatic rings. The number of urea groups is 1. The van der Waals surface area contributed by atoms with E-state index in [2.05, 4.69) is 10.2 Å². The summed E-state index contributed by atoms with van der Waals surface area (Å²) >= 11 is 4.98. The van der Waals surface area contributed by atoms with Crippen LogP contribution in [0.15, 0.2) is 0 Å². The molecule has 5 nitrogen and oxygen atoms in total. The molecule has 2 rings (SSSR count). The first-order valence-corrected chi connectivity index (χ1v) is 5.58. The number of amides is 2. The lowest BCUT2D eigenvalue weighted by molar-refractivity contribution is 0.113. The first kappa shape index (κ1) is 10.6. The van der Waals surface area contributed by atoms with E-state index >= 15 is 0 Å². The van der Waals surface area contributed by atoms with Crippen LogP contribution in [0.3, 0.4) is 0 Å². The molecular weight excluding hydrogens is 212 g/mol. The molecule has 0 aromatic carbocycles. The summed E-state index contributed by atoms with van der Waals surface area (Å²) in [6, 6.07) is 0.462. The van der Waals surface area contributed by atoms with Crippen molar-refractivity contribution in [3.8, 4) is 0 Å². The van der Waals surface area contributed by atoms with E-state index in [-0.39, 0.29) is 18.1 Å². The first-order valence-electron chi connectivity index (χ1n) is 5.17. The van der Waals surface area contributed by atoms with Gasteiger partial charge in [-0.15, -0.1) is 0 Å². The molecule has 2 fully saturated rings. The topological polar surface area (TPSA) is 61.6 Å². The number of carbonyl (C=O) groups is 1. The number of fused-ring (bicyclic) bond motifs is 1. The maximum absolute atomic E-state index is 11.4. The van der Waals surface area contributed by atoms with E-state index in [1.165, 1.54) is 0 Å². The summed E-state index contributed by atoms with van der Waals surface area (Å²) in [7, 11) is 0. The van der Waals surface area contributed by atoms with Crippen molar-refractivity contribution in [2.45, 2.75) is 19.0 Å². The number of hydrogen-bond acceptors (Lipinski definition) is 3. The Balaban J connectivity index is 1.99. The van der Waals surface area contributed by atoms with Crippen molar-refractivity contribution < 1.29 is 4.79 Å². The van der Waals surface area contributed by atoms with Crippen LogP contribution in [0, 0.1) is 0 Å². The fourth-order valence-corrected chi connectivity index (χ4v) is 2.31. The molecule has 0 aromatic rings. The maximum atomic E-state index is 11.4. The molecule has 84 valence electrons. The third kappa shape index (κ3) is 1.91. The molecule has 2 saturated heterocycles. The number of thiocarbonyl (C=S) groups is 1. The van der Waals surface area contributed by atoms with Crippen LogP contribution < -0.4 is 11.1 Å². The van der Waals surface area contributed by atoms with E-state index in [4.69, 9.17) is 18.0 Å². The fourth-order valence-electron chi connectivity index (χ4n) is 2.16. The van der Waals surface area contributed by atoms with Crippen LogP contribution in [0.25, 0.3) is 0 Å². The molecule has 2 amide bonds. The smallest absolute Gasteiger partial charge is 0.317 e. The third-order valence-electron chi connectivity index (χ3n) is 3.22. The zero-order chi connectivity index (χ0) is 11.0. The Bertz CT molecular complexity index is 296. The van der Waals surface area contributed by atoms with Gasteiger partial charge in [-0.05, 0) is 6.92 Å². The fraction of sp³-hybridized carbons (Fsp3) is 0.778. The molecule has 0 radical (unpaired) electrons. The molecule has 0 saturated carbocycles. The summed E-state index contributed by atoms with van der Waals surface area (Å²) in [4.78, 5) is 16.0. The standard InChI is InChI=1S/C9H16N4OS/c1-6(8(10)15)12-2-3-13-7(5-12)4-11-9(13)14/h6-7H,2-5H2,1H3,(H2,10,15)(H,11,14). The predicted octanol–water partition coefficient (Wildman–Crippen LogP) is -0.630. The third-order valence-corrected chi connectivity index (χ3v) is 3.56. The monoisotopic (exact) mass is 228 g/mol. The minimum Gasteiger partial charge on any atom is -0.392 e. The largest absolute Gasteiger partial charge is 0.392 e. The molecule has 2 heterocycles. The van der Waals surface area contributed by atoms with Crippen molar-refractivity contribution in [2.75, 3.05) is 26.2 Å². The quantitative estimate of drug-likeness (QED) is 0.618. The molecule has 0 bridgehead atoms. The normalized spacial score (nSPS) is 28.5. The Morgan fingerprint density at radius 2 is 2.40 bits per heavy atom. The molecule has 0 spiro atoms. The van der Waals surface area contributed by atoms with E-state index in [0.29, 0.717) is 4.99 Å². The van der Waals surface area contributed by atoms with Gasteiger partial charge in [0, 0.05) is 26.2 Å². The maximum Gasteiger partial charge on any atom is 0.317 e. The van der Waals surface area contributed by atoms with Crippen LogP contribution in [-0.2, 0) is 0 Å². The van der Waals surface area contributed by atoms with Gasteiger partial charge < -0.3 is 16.0 Å². The zero-order valence-electron chi connectivity index (χ0n) is 8.77. The molecule has 15 heavy (non-hydrogen) atoms. The van der Waals surface area contributed by atoms with Gasteiger partial charge in [-0.2, -0.15) is 0 Å². The van der Waals surface area contributed by atoms with E-state index in [9.17, 15) is 4.79 Å². The minimum absolute atomic E-state index is 0.0580. The highest BCUT2D eigenvalue weighted by Gasteiger charge is 2.36. The Morgan fingerprint density at radius 1 is 1.67 bits per heavy atom. The number of carbonyl (C=O) groups excluding carboxylic acids is 1. The summed E-state index contributed by atoms with van der Waals surface area (Å²) in [6.07, 6.45) is 0. The van der Waals surface area contributed by atoms with Crippen LogP contribution in [0.2, 0.25) is 0 Å². The lowest BCUT2D eigenvalue weighted by atomic mass is 10.1. The van der Waals surface area contributed by atoms with Crippen molar-refractivity contribution >= 4 is 23.2 Å². The molecule has 2 atom stereocenters. The summed E-state index contributed by atoms with van der Waals surface area (Å²) in [5.74, 6) is 0. The second kappa shape index (κ2) is 3.94. The van der Waals surface area contributed by atoms with E-state index in [1.54, 1.807) is 0 Å². The van der Waals surface area contributed by atoms with E-state index < -0.39 is 0 Å². The number of nitrogens with one attached hydrogen (secondary N) is 1. The number of hydrogen-bond donors (Lipinski definition) is 2. The van der Waals surface area contributed by atoms with Gasteiger partial charge in [0.2, 0.25) is 0 Å². The average Bonchev–Trinajstić information content (AvgIpc) is 2.59. The van der Waals surface area contributed by atoms with Gasteiger partial charge in [0.15, 0.2) is 0 Å². The van der Waals surface area contributed by atoms with Gasteiger partial charge >= 0.3 is 6.03 Å². The summed E-state index contributed by atoms with van der Waals surface area (Å²) in [6.45, 7) is 5.23. The van der Waals surface area contributed by atoms with Crippen LogP contribution >= 0.6 is 12.2 Å². The van der Waals surface area contributed by atoms with Gasteiger partial charge in [-0.25, -0.2) is 4.79 Å². The van der Waals surface area contributed by atoms with E-state index in [1.807, 2.05) is 11.8 Å². The Labute approximate surface area is 94.6 Å². The number of rotatable bonds is 2. The summed E-state index contributed by atoms with van der Waals surface area (Å²) < 4.78 is 0. The Morgan fingerprint density at radius 3 is 3.07 bits per heavy atom. The van der Waals surface area contributed by atoms with Crippen LogP contribution in [-0.4, -0.2) is 59.1 Å². The first-order chi connectivity index (χ1) is 7.09. The summed E-state index contributed by atoms with van der Waals surface area (Å²) in [5.41, 5.74) is 5.62. The molecule has 2 aliphatic heterocycles. The van der Waals surface area contributed by atoms with Gasteiger partial charge in [-0.3, -0.25) is 4.90 Å². The van der Waals surface area contributed by atoms with Crippen LogP contribution in [0.4, 0.5) is 4.79 Å². The van der Waals surface area contributed by atoms with Gasteiger partial charge in [0.25, 0.3) is 0 Å². The molecule has 3 N–H and O–H groups in total. The highest BCUT2D eigenvalue weighted by Crippen LogP contribution is 2.16. The molecule has 6 heteroatoms. The average molecular weight is 228 g/mol. The molecule has 0 aromatic heterocycles. The molecule has 0 aliphatic carbocycles. The van der Waals surface area contributed by atoms with Crippen molar-refractivity contribution in [2.24, 2.45) is 5.73 Å². The van der Waals surface area contributed by atoms with Crippen molar-refractivity contribution in [1.29, 1.82) is 0 Å². The molecular formula is C9H16N4OS. The zero-order valence-corrected chi connectivity index (χ0v) is 9.59. The lowest BCUT2D eigenvalue weighted by Crippen LogP contribution is -2.56. The SMILES string of the molecule is CC(C(N)=S)N1CCN2C(=O)NCC2C1. The van der Waals surface area contributed by atoms with Crippen LogP contribution in [0.1, 0.15) is 6.92 Å². The van der Waals surface area contributed by atoms with Crippen molar-refractivity contribution in [1.82, 2.24) is 15.1 Å². The predicted molar refractivity (Wildman–Crippen MR) is 61.7 cm³/mol. The number of nitrogens with two attached hydrogens (primary N) is 1. The second-order valence-electron chi connectivity index (χ2n) is 4.11. The van der Waals surface area contributed by atoms with Gasteiger partial charge in [0.05, 0.1) is 17.1 Å².